The van der Waals surface area contributed by atoms with Crippen molar-refractivity contribution in [1.82, 2.24) is 0 Å². The van der Waals surface area contributed by atoms with Crippen molar-refractivity contribution in [3.05, 3.63) is 52.5 Å². The van der Waals surface area contributed by atoms with Crippen LogP contribution in [0.1, 0.15) is 26.2 Å². The first-order chi connectivity index (χ1) is 12.5. The predicted octanol–water partition coefficient (Wildman–Crippen LogP) is 5.14. The molecular weight excluding hydrogens is 375 g/mol. The molecule has 5 nitrogen and oxygen atoms in total. The smallest absolute Gasteiger partial charge is 0.224 e. The summed E-state index contributed by atoms with van der Waals surface area (Å²) in [6, 6.07) is 12.0. The van der Waals surface area contributed by atoms with Gasteiger partial charge in [0.05, 0.1) is 11.6 Å². The maximum Gasteiger partial charge on any atom is 0.224 e. The Labute approximate surface area is 162 Å². The van der Waals surface area contributed by atoms with Gasteiger partial charge in [-0.05, 0) is 42.8 Å². The van der Waals surface area contributed by atoms with Crippen molar-refractivity contribution >= 4 is 46.4 Å². The highest BCUT2D eigenvalue weighted by Gasteiger charge is 2.06. The Kier molecular flexibility index (Phi) is 7.75. The molecule has 0 fully saturated rings. The number of ether oxygens (including phenoxy) is 1. The Morgan fingerprint density at radius 3 is 2.35 bits per heavy atom. The van der Waals surface area contributed by atoms with E-state index in [1.165, 1.54) is 0 Å². The van der Waals surface area contributed by atoms with Crippen LogP contribution in [0.2, 0.25) is 10.0 Å². The van der Waals surface area contributed by atoms with E-state index in [1.54, 1.807) is 49.4 Å². The second-order valence-corrected chi connectivity index (χ2v) is 6.40. The summed E-state index contributed by atoms with van der Waals surface area (Å²) in [4.78, 5) is 23.4. The summed E-state index contributed by atoms with van der Waals surface area (Å²) >= 11 is 11.8. The highest BCUT2D eigenvalue weighted by molar-refractivity contribution is 6.35. The molecule has 2 aromatic rings. The van der Waals surface area contributed by atoms with Crippen molar-refractivity contribution in [1.29, 1.82) is 0 Å². The molecule has 0 aliphatic heterocycles. The second-order valence-electron chi connectivity index (χ2n) is 5.56. The number of hydrogen-bond donors (Lipinski definition) is 2. The zero-order valence-electron chi connectivity index (χ0n) is 14.4. The normalized spacial score (nSPS) is 10.3. The van der Waals surface area contributed by atoms with Crippen molar-refractivity contribution in [3.8, 4) is 5.75 Å². The Morgan fingerprint density at radius 1 is 1.00 bits per heavy atom. The van der Waals surface area contributed by atoms with Gasteiger partial charge in [-0.2, -0.15) is 0 Å². The quantitative estimate of drug-likeness (QED) is 0.609. The van der Waals surface area contributed by atoms with Crippen LogP contribution in [0, 0.1) is 0 Å². The van der Waals surface area contributed by atoms with Crippen LogP contribution in [0.4, 0.5) is 11.4 Å². The van der Waals surface area contributed by atoms with Gasteiger partial charge >= 0.3 is 0 Å². The summed E-state index contributed by atoms with van der Waals surface area (Å²) in [5, 5.41) is 6.53. The predicted molar refractivity (Wildman–Crippen MR) is 105 cm³/mol. The first-order valence-corrected chi connectivity index (χ1v) is 9.01. The minimum absolute atomic E-state index is 0.0773. The number of amides is 2. The lowest BCUT2D eigenvalue weighted by Gasteiger charge is -2.10. The van der Waals surface area contributed by atoms with Gasteiger partial charge in [0, 0.05) is 29.2 Å². The molecule has 0 aliphatic rings. The zero-order chi connectivity index (χ0) is 18.9. The SMILES string of the molecule is CCC(=O)Nc1cccc(NC(=O)CCCOc2ccc(Cl)cc2Cl)c1. The topological polar surface area (TPSA) is 67.4 Å². The van der Waals surface area contributed by atoms with Crippen LogP contribution in [-0.4, -0.2) is 18.4 Å². The van der Waals surface area contributed by atoms with E-state index in [-0.39, 0.29) is 11.8 Å². The summed E-state index contributed by atoms with van der Waals surface area (Å²) < 4.78 is 5.55. The fraction of sp³-hybridized carbons (Fsp3) is 0.263. The van der Waals surface area contributed by atoms with Gasteiger partial charge in [0.15, 0.2) is 0 Å². The van der Waals surface area contributed by atoms with Crippen LogP contribution < -0.4 is 15.4 Å². The molecule has 0 atom stereocenters. The Morgan fingerprint density at radius 2 is 1.69 bits per heavy atom. The largest absolute Gasteiger partial charge is 0.492 e. The molecule has 0 unspecified atom stereocenters. The van der Waals surface area contributed by atoms with E-state index in [0.717, 1.165) is 0 Å². The molecule has 0 spiro atoms. The third-order valence-corrected chi connectivity index (χ3v) is 3.98. The highest BCUT2D eigenvalue weighted by atomic mass is 35.5. The van der Waals surface area contributed by atoms with E-state index in [9.17, 15) is 9.59 Å². The molecule has 2 rings (SSSR count). The lowest BCUT2D eigenvalue weighted by Crippen LogP contribution is -2.14. The minimum atomic E-state index is -0.130. The molecule has 2 aromatic carbocycles. The van der Waals surface area contributed by atoms with Gasteiger partial charge in [-0.25, -0.2) is 0 Å². The summed E-state index contributed by atoms with van der Waals surface area (Å²) in [6.45, 7) is 2.14. The first-order valence-electron chi connectivity index (χ1n) is 8.25. The standard InChI is InChI=1S/C19H20Cl2N2O3/c1-2-18(24)22-14-5-3-6-15(12-14)23-19(25)7-4-10-26-17-9-8-13(20)11-16(17)21/h3,5-6,8-9,11-12H,2,4,7,10H2,1H3,(H,22,24)(H,23,25). The van der Waals surface area contributed by atoms with Gasteiger partial charge in [-0.3, -0.25) is 9.59 Å². The molecule has 7 heteroatoms. The number of nitrogens with one attached hydrogen (secondary N) is 2. The molecular formula is C19H20Cl2N2O3. The molecule has 0 aromatic heterocycles. The van der Waals surface area contributed by atoms with Gasteiger partial charge in [-0.15, -0.1) is 0 Å². The third-order valence-electron chi connectivity index (χ3n) is 3.45. The van der Waals surface area contributed by atoms with Crippen molar-refractivity contribution in [2.24, 2.45) is 0 Å². The number of carbonyl (C=O) groups excluding carboxylic acids is 2. The number of anilines is 2. The number of hydrogen-bond acceptors (Lipinski definition) is 3. The van der Waals surface area contributed by atoms with Gasteiger partial charge in [0.25, 0.3) is 0 Å². The number of halogens is 2. The van der Waals surface area contributed by atoms with Gasteiger partial charge < -0.3 is 15.4 Å². The van der Waals surface area contributed by atoms with E-state index < -0.39 is 0 Å². The monoisotopic (exact) mass is 394 g/mol. The Balaban J connectivity index is 1.76. The molecule has 0 aliphatic carbocycles. The van der Waals surface area contributed by atoms with Crippen molar-refractivity contribution in [2.75, 3.05) is 17.2 Å². The van der Waals surface area contributed by atoms with Crippen LogP contribution in [0.15, 0.2) is 42.5 Å². The van der Waals surface area contributed by atoms with E-state index in [1.807, 2.05) is 0 Å². The summed E-state index contributed by atoms with van der Waals surface area (Å²) in [5.41, 5.74) is 1.28. The van der Waals surface area contributed by atoms with E-state index in [2.05, 4.69) is 10.6 Å². The van der Waals surface area contributed by atoms with E-state index >= 15 is 0 Å². The average Bonchev–Trinajstić information content (AvgIpc) is 2.60. The minimum Gasteiger partial charge on any atom is -0.492 e. The molecule has 138 valence electrons. The molecule has 0 radical (unpaired) electrons. The number of rotatable bonds is 8. The molecule has 0 bridgehead atoms. The molecule has 2 N–H and O–H groups in total. The number of benzene rings is 2. The molecule has 2 amide bonds. The lowest BCUT2D eigenvalue weighted by molar-refractivity contribution is -0.117. The van der Waals surface area contributed by atoms with E-state index in [4.69, 9.17) is 27.9 Å². The molecule has 26 heavy (non-hydrogen) atoms. The maximum absolute atomic E-state index is 12.0. The van der Waals surface area contributed by atoms with E-state index in [0.29, 0.717) is 53.0 Å². The summed E-state index contributed by atoms with van der Waals surface area (Å²) in [6.07, 6.45) is 1.24. The Hall–Kier alpha value is -2.24. The van der Waals surface area contributed by atoms with Gasteiger partial charge in [0.1, 0.15) is 5.75 Å². The number of carbonyl (C=O) groups is 2. The van der Waals surface area contributed by atoms with Crippen molar-refractivity contribution in [3.63, 3.8) is 0 Å². The Bertz CT molecular complexity index is 781. The van der Waals surface area contributed by atoms with Crippen LogP contribution in [-0.2, 0) is 9.59 Å². The van der Waals surface area contributed by atoms with Crippen molar-refractivity contribution in [2.45, 2.75) is 26.2 Å². The summed E-state index contributed by atoms with van der Waals surface area (Å²) in [5.74, 6) is 0.331. The van der Waals surface area contributed by atoms with Crippen LogP contribution >= 0.6 is 23.2 Å². The first kappa shape index (κ1) is 20.1. The van der Waals surface area contributed by atoms with Gasteiger partial charge in [0.2, 0.25) is 11.8 Å². The molecule has 0 saturated heterocycles. The van der Waals surface area contributed by atoms with Crippen molar-refractivity contribution < 1.29 is 14.3 Å². The summed E-state index contributed by atoms with van der Waals surface area (Å²) in [7, 11) is 0. The fourth-order valence-electron chi connectivity index (χ4n) is 2.15. The third kappa shape index (κ3) is 6.58. The van der Waals surface area contributed by atoms with Gasteiger partial charge in [-0.1, -0.05) is 36.2 Å². The second kappa shape index (κ2) is 10.0. The maximum atomic E-state index is 12.0. The average molecular weight is 395 g/mol. The zero-order valence-corrected chi connectivity index (χ0v) is 15.9. The van der Waals surface area contributed by atoms with Crippen LogP contribution in [0.3, 0.4) is 0 Å². The van der Waals surface area contributed by atoms with Crippen LogP contribution in [0.25, 0.3) is 0 Å². The lowest BCUT2D eigenvalue weighted by atomic mass is 10.2. The molecule has 0 saturated carbocycles. The highest BCUT2D eigenvalue weighted by Crippen LogP contribution is 2.27. The molecule has 0 heterocycles. The van der Waals surface area contributed by atoms with Crippen LogP contribution in [0.5, 0.6) is 5.75 Å². The fourth-order valence-corrected chi connectivity index (χ4v) is 2.62.